The Morgan fingerprint density at radius 2 is 1.08 bits per heavy atom. The number of nitrogens with one attached hydrogen (secondary N) is 2. The van der Waals surface area contributed by atoms with E-state index in [2.05, 4.69) is 22.8 Å². The molecule has 0 bridgehead atoms. The van der Waals surface area contributed by atoms with Crippen LogP contribution in [0.15, 0.2) is 48.5 Å². The summed E-state index contributed by atoms with van der Waals surface area (Å²) in [5.74, 6) is 3.38. The van der Waals surface area contributed by atoms with Gasteiger partial charge in [-0.05, 0) is 61.4 Å². The third kappa shape index (κ3) is 6.13. The first-order valence-corrected chi connectivity index (χ1v) is 12.1. The molecular formula is C28H34N4O4. The largest absolute Gasteiger partial charge is 0.496 e. The van der Waals surface area contributed by atoms with Gasteiger partial charge >= 0.3 is 0 Å². The maximum Gasteiger partial charge on any atom is 0.129 e. The summed E-state index contributed by atoms with van der Waals surface area (Å²) in [7, 11) is 3.35. The maximum atomic E-state index is 5.69. The van der Waals surface area contributed by atoms with Gasteiger partial charge in [0.1, 0.15) is 23.1 Å². The molecule has 2 N–H and O–H groups in total. The topological polar surface area (TPSA) is 86.8 Å². The van der Waals surface area contributed by atoms with Crippen molar-refractivity contribution in [1.29, 1.82) is 0 Å². The van der Waals surface area contributed by atoms with Gasteiger partial charge in [-0.3, -0.25) is 0 Å². The first kappa shape index (κ1) is 25.5. The second-order valence-corrected chi connectivity index (χ2v) is 8.44. The highest BCUT2D eigenvalue weighted by Gasteiger charge is 2.08. The predicted octanol–water partition coefficient (Wildman–Crippen LogP) is 4.97. The van der Waals surface area contributed by atoms with E-state index < -0.39 is 0 Å². The number of fused-ring (bicyclic) bond motifs is 2. The zero-order chi connectivity index (χ0) is 25.3. The van der Waals surface area contributed by atoms with Crippen LogP contribution in [-0.2, 0) is 9.47 Å². The van der Waals surface area contributed by atoms with Gasteiger partial charge in [-0.25, -0.2) is 9.97 Å². The van der Waals surface area contributed by atoms with Crippen molar-refractivity contribution < 1.29 is 18.9 Å². The molecule has 0 radical (unpaired) electrons. The summed E-state index contributed by atoms with van der Waals surface area (Å²) < 4.78 is 22.2. The molecule has 2 aromatic carbocycles. The molecule has 8 heteroatoms. The number of hydrogen-bond acceptors (Lipinski definition) is 8. The van der Waals surface area contributed by atoms with E-state index in [-0.39, 0.29) is 0 Å². The minimum Gasteiger partial charge on any atom is -0.496 e. The minimum atomic E-state index is 0.538. The van der Waals surface area contributed by atoms with Gasteiger partial charge in [0.15, 0.2) is 0 Å². The van der Waals surface area contributed by atoms with Crippen molar-refractivity contribution in [2.24, 2.45) is 0 Å². The molecule has 8 nitrogen and oxygen atoms in total. The van der Waals surface area contributed by atoms with E-state index in [9.17, 15) is 0 Å². The number of nitrogens with zero attached hydrogens (tertiary/aromatic N) is 2. The molecule has 0 atom stereocenters. The Hall–Kier alpha value is -3.62. The smallest absolute Gasteiger partial charge is 0.129 e. The van der Waals surface area contributed by atoms with Crippen LogP contribution < -0.4 is 20.1 Å². The average Bonchev–Trinajstić information content (AvgIpc) is 2.89. The Kier molecular flexibility index (Phi) is 8.76. The Morgan fingerprint density at radius 1 is 0.639 bits per heavy atom. The molecule has 0 aliphatic carbocycles. The van der Waals surface area contributed by atoms with Gasteiger partial charge in [0.25, 0.3) is 0 Å². The van der Waals surface area contributed by atoms with Crippen molar-refractivity contribution in [2.75, 3.05) is 64.4 Å². The number of rotatable bonds is 13. The van der Waals surface area contributed by atoms with Crippen molar-refractivity contribution in [2.45, 2.75) is 13.8 Å². The highest BCUT2D eigenvalue weighted by molar-refractivity contribution is 5.88. The lowest BCUT2D eigenvalue weighted by atomic mass is 10.1. The van der Waals surface area contributed by atoms with Gasteiger partial charge < -0.3 is 29.6 Å². The zero-order valence-corrected chi connectivity index (χ0v) is 21.4. The van der Waals surface area contributed by atoms with E-state index in [1.807, 2.05) is 50.2 Å². The second-order valence-electron chi connectivity index (χ2n) is 8.44. The summed E-state index contributed by atoms with van der Waals surface area (Å²) in [6, 6.07) is 15.9. The second kappa shape index (κ2) is 12.4. The van der Waals surface area contributed by atoms with Crippen molar-refractivity contribution in [3.8, 4) is 11.5 Å². The number of anilines is 2. The molecule has 0 unspecified atom stereocenters. The van der Waals surface area contributed by atoms with Crippen LogP contribution in [0, 0.1) is 13.8 Å². The van der Waals surface area contributed by atoms with Crippen molar-refractivity contribution >= 4 is 33.4 Å². The van der Waals surface area contributed by atoms with Crippen LogP contribution in [0.5, 0.6) is 11.5 Å². The van der Waals surface area contributed by atoms with Crippen molar-refractivity contribution in [1.82, 2.24) is 9.97 Å². The fourth-order valence-corrected chi connectivity index (χ4v) is 4.06. The third-order valence-electron chi connectivity index (χ3n) is 5.91. The first-order chi connectivity index (χ1) is 17.6. The normalized spacial score (nSPS) is 11.1. The van der Waals surface area contributed by atoms with E-state index in [1.165, 1.54) is 0 Å². The molecule has 2 aromatic heterocycles. The molecule has 4 rings (SSSR count). The summed E-state index contributed by atoms with van der Waals surface area (Å²) in [5, 5.41) is 8.73. The Labute approximate surface area is 211 Å². The number of aryl methyl sites for hydroxylation is 2. The number of ether oxygens (including phenoxy) is 4. The molecule has 0 amide bonds. The highest BCUT2D eigenvalue weighted by atomic mass is 16.5. The summed E-state index contributed by atoms with van der Waals surface area (Å²) in [6.07, 6.45) is 0. The molecular weight excluding hydrogens is 456 g/mol. The van der Waals surface area contributed by atoms with Gasteiger partial charge in [-0.1, -0.05) is 12.1 Å². The molecule has 0 spiro atoms. The van der Waals surface area contributed by atoms with Crippen molar-refractivity contribution in [3.63, 3.8) is 0 Å². The molecule has 36 heavy (non-hydrogen) atoms. The quantitative estimate of drug-likeness (QED) is 0.254. The number of benzene rings is 2. The summed E-state index contributed by atoms with van der Waals surface area (Å²) in [6.45, 7) is 7.63. The third-order valence-corrected chi connectivity index (χ3v) is 5.91. The first-order valence-electron chi connectivity index (χ1n) is 12.1. The maximum absolute atomic E-state index is 5.69. The predicted molar refractivity (Wildman–Crippen MR) is 145 cm³/mol. The molecule has 0 aliphatic rings. The van der Waals surface area contributed by atoms with Crippen LogP contribution in [0.2, 0.25) is 0 Å². The summed E-state index contributed by atoms with van der Waals surface area (Å²) in [5.41, 5.74) is 3.94. The van der Waals surface area contributed by atoms with Gasteiger partial charge in [0, 0.05) is 23.9 Å². The lowest BCUT2D eigenvalue weighted by Crippen LogP contribution is -2.16. The van der Waals surface area contributed by atoms with Crippen LogP contribution in [0.3, 0.4) is 0 Å². The van der Waals surface area contributed by atoms with E-state index in [1.54, 1.807) is 14.2 Å². The Balaban J connectivity index is 1.12. The van der Waals surface area contributed by atoms with Crippen LogP contribution in [0.1, 0.15) is 11.1 Å². The van der Waals surface area contributed by atoms with Crippen LogP contribution in [-0.4, -0.2) is 63.7 Å². The van der Waals surface area contributed by atoms with E-state index in [0.717, 1.165) is 56.1 Å². The standard InChI is InChI=1S/C28H34N4O4/c1-19-17-21-23(7-5-9-25(21)33-3)31-27(19)29-11-13-35-15-16-36-14-12-30-28-20(2)18-22-24(32-28)8-6-10-26(22)34-4/h5-10,17-18H,11-16H2,1-4H3,(H,29,31)(H,30,32). The average molecular weight is 491 g/mol. The van der Waals surface area contributed by atoms with Crippen LogP contribution >= 0.6 is 0 Å². The number of pyridine rings is 2. The van der Waals surface area contributed by atoms with Gasteiger partial charge in [-0.2, -0.15) is 0 Å². The van der Waals surface area contributed by atoms with Gasteiger partial charge in [0.2, 0.25) is 0 Å². The van der Waals surface area contributed by atoms with E-state index in [4.69, 9.17) is 28.9 Å². The highest BCUT2D eigenvalue weighted by Crippen LogP contribution is 2.28. The van der Waals surface area contributed by atoms with E-state index in [0.29, 0.717) is 39.5 Å². The lowest BCUT2D eigenvalue weighted by Gasteiger charge is -2.13. The Bertz CT molecular complexity index is 1210. The molecule has 0 fully saturated rings. The van der Waals surface area contributed by atoms with Crippen LogP contribution in [0.4, 0.5) is 11.6 Å². The van der Waals surface area contributed by atoms with Gasteiger partial charge in [0.05, 0.1) is 51.7 Å². The summed E-state index contributed by atoms with van der Waals surface area (Å²) in [4.78, 5) is 9.44. The molecule has 4 aromatic rings. The number of hydrogen-bond donors (Lipinski definition) is 2. The minimum absolute atomic E-state index is 0.538. The number of methoxy groups -OCH3 is 2. The van der Waals surface area contributed by atoms with Gasteiger partial charge in [-0.15, -0.1) is 0 Å². The lowest BCUT2D eigenvalue weighted by molar-refractivity contribution is 0.0556. The van der Waals surface area contributed by atoms with Crippen molar-refractivity contribution in [3.05, 3.63) is 59.7 Å². The fourth-order valence-electron chi connectivity index (χ4n) is 4.06. The number of aromatic nitrogens is 2. The SMILES string of the molecule is COc1cccc2nc(NCCOCCOCCNc3nc4cccc(OC)c4cc3C)c(C)cc12. The molecule has 190 valence electrons. The monoisotopic (exact) mass is 490 g/mol. The molecule has 0 saturated heterocycles. The molecule has 0 aliphatic heterocycles. The summed E-state index contributed by atoms with van der Waals surface area (Å²) >= 11 is 0. The zero-order valence-electron chi connectivity index (χ0n) is 21.4. The van der Waals surface area contributed by atoms with Crippen LogP contribution in [0.25, 0.3) is 21.8 Å². The van der Waals surface area contributed by atoms with E-state index >= 15 is 0 Å². The molecule has 0 saturated carbocycles. The fraction of sp³-hybridized carbons (Fsp3) is 0.357. The Morgan fingerprint density at radius 3 is 1.50 bits per heavy atom. The molecule has 2 heterocycles.